The number of carbonyl (C=O) groups excluding carboxylic acids is 2. The first-order valence-corrected chi connectivity index (χ1v) is 9.12. The molecule has 2 aromatic carbocycles. The van der Waals surface area contributed by atoms with Crippen LogP contribution in [0.5, 0.6) is 0 Å². The number of likely N-dealkylation sites (tertiary alicyclic amines) is 1. The van der Waals surface area contributed by atoms with Crippen LogP contribution in [0.25, 0.3) is 5.76 Å². The molecule has 0 aromatic heterocycles. The summed E-state index contributed by atoms with van der Waals surface area (Å²) in [5, 5.41) is 31.3. The molecule has 30 heavy (non-hydrogen) atoms. The minimum absolute atomic E-state index is 0.0465. The Bertz CT molecular complexity index is 1050. The average Bonchev–Trinajstić information content (AvgIpc) is 2.98. The Kier molecular flexibility index (Phi) is 5.91. The van der Waals surface area contributed by atoms with Gasteiger partial charge < -0.3 is 15.1 Å². The summed E-state index contributed by atoms with van der Waals surface area (Å²) >= 11 is 0. The van der Waals surface area contributed by atoms with E-state index in [1.54, 1.807) is 30.3 Å². The Balaban J connectivity index is 2.18. The van der Waals surface area contributed by atoms with E-state index in [2.05, 4.69) is 0 Å². The lowest BCUT2D eigenvalue weighted by atomic mass is 9.94. The van der Waals surface area contributed by atoms with Crippen molar-refractivity contribution in [3.8, 4) is 0 Å². The highest BCUT2D eigenvalue weighted by atomic mass is 16.6. The number of para-hydroxylation sites is 1. The molecule has 0 saturated carbocycles. The van der Waals surface area contributed by atoms with Crippen molar-refractivity contribution in [2.24, 2.45) is 0 Å². The van der Waals surface area contributed by atoms with E-state index in [9.17, 15) is 29.6 Å². The van der Waals surface area contributed by atoms with Gasteiger partial charge in [-0.3, -0.25) is 24.5 Å². The van der Waals surface area contributed by atoms with Gasteiger partial charge >= 0.3 is 5.97 Å². The lowest BCUT2D eigenvalue weighted by molar-refractivity contribution is -0.385. The molecule has 154 valence electrons. The number of aliphatic hydroxyl groups excluding tert-OH is 1. The fourth-order valence-electron chi connectivity index (χ4n) is 3.47. The highest BCUT2D eigenvalue weighted by Gasteiger charge is 2.47. The van der Waals surface area contributed by atoms with Crippen molar-refractivity contribution in [3.05, 3.63) is 81.4 Å². The van der Waals surface area contributed by atoms with Gasteiger partial charge in [0.15, 0.2) is 0 Å². The van der Waals surface area contributed by atoms with Crippen LogP contribution in [0.3, 0.4) is 0 Å². The molecular formula is C21H18N2O7. The molecule has 1 aliphatic rings. The normalized spacial score (nSPS) is 17.9. The van der Waals surface area contributed by atoms with Gasteiger partial charge in [-0.25, -0.2) is 0 Å². The maximum Gasteiger partial charge on any atom is 0.303 e. The van der Waals surface area contributed by atoms with Crippen molar-refractivity contribution >= 4 is 29.1 Å². The number of Topliss-reactive ketones (excluding diaryl/α,β-unsaturated/α-hetero) is 1. The molecule has 0 bridgehead atoms. The van der Waals surface area contributed by atoms with Gasteiger partial charge in [0, 0.05) is 24.6 Å². The Labute approximate surface area is 171 Å². The van der Waals surface area contributed by atoms with Crippen LogP contribution in [0.4, 0.5) is 5.69 Å². The van der Waals surface area contributed by atoms with E-state index >= 15 is 0 Å². The van der Waals surface area contributed by atoms with Crippen LogP contribution < -0.4 is 0 Å². The number of amides is 1. The first-order valence-electron chi connectivity index (χ1n) is 9.12. The van der Waals surface area contributed by atoms with Gasteiger partial charge in [-0.05, 0) is 12.5 Å². The lowest BCUT2D eigenvalue weighted by Gasteiger charge is -2.24. The van der Waals surface area contributed by atoms with Crippen molar-refractivity contribution in [1.82, 2.24) is 4.90 Å². The molecule has 3 rings (SSSR count). The number of nitro groups is 1. The van der Waals surface area contributed by atoms with Crippen molar-refractivity contribution in [3.63, 3.8) is 0 Å². The summed E-state index contributed by atoms with van der Waals surface area (Å²) < 4.78 is 0. The van der Waals surface area contributed by atoms with Crippen molar-refractivity contribution < 1.29 is 29.5 Å². The molecule has 0 aliphatic carbocycles. The number of carboxylic acids is 1. The molecular weight excluding hydrogens is 392 g/mol. The molecule has 1 heterocycles. The minimum Gasteiger partial charge on any atom is -0.507 e. The number of aliphatic carboxylic acids is 1. The Morgan fingerprint density at radius 1 is 1.03 bits per heavy atom. The molecule has 1 aliphatic heterocycles. The van der Waals surface area contributed by atoms with Gasteiger partial charge in [0.25, 0.3) is 17.4 Å². The van der Waals surface area contributed by atoms with Gasteiger partial charge in [0.05, 0.1) is 22.1 Å². The van der Waals surface area contributed by atoms with Crippen molar-refractivity contribution in [1.29, 1.82) is 0 Å². The predicted molar refractivity (Wildman–Crippen MR) is 105 cm³/mol. The molecule has 9 nitrogen and oxygen atoms in total. The molecule has 2 N–H and O–H groups in total. The van der Waals surface area contributed by atoms with Crippen molar-refractivity contribution in [2.45, 2.75) is 18.9 Å². The fraction of sp³-hybridized carbons (Fsp3) is 0.190. The van der Waals surface area contributed by atoms with Crippen LogP contribution in [-0.4, -0.2) is 44.2 Å². The summed E-state index contributed by atoms with van der Waals surface area (Å²) in [5.74, 6) is -3.44. The van der Waals surface area contributed by atoms with Gasteiger partial charge in [0.2, 0.25) is 0 Å². The molecule has 0 radical (unpaired) electrons. The van der Waals surface area contributed by atoms with E-state index in [0.29, 0.717) is 0 Å². The average molecular weight is 410 g/mol. The quantitative estimate of drug-likeness (QED) is 0.235. The zero-order valence-electron chi connectivity index (χ0n) is 15.7. The van der Waals surface area contributed by atoms with E-state index < -0.39 is 34.4 Å². The number of hydrogen-bond donors (Lipinski definition) is 2. The molecule has 9 heteroatoms. The first kappa shape index (κ1) is 20.7. The number of carboxylic acid groups (broad SMARTS) is 1. The zero-order chi connectivity index (χ0) is 21.8. The largest absolute Gasteiger partial charge is 0.507 e. The Morgan fingerprint density at radius 2 is 1.67 bits per heavy atom. The highest BCUT2D eigenvalue weighted by molar-refractivity contribution is 6.46. The third kappa shape index (κ3) is 3.90. The van der Waals surface area contributed by atoms with Gasteiger partial charge in [0.1, 0.15) is 5.76 Å². The van der Waals surface area contributed by atoms with E-state index in [4.69, 9.17) is 5.11 Å². The molecule has 1 fully saturated rings. The molecule has 1 atom stereocenters. The second-order valence-electron chi connectivity index (χ2n) is 6.67. The van der Waals surface area contributed by atoms with Crippen LogP contribution >= 0.6 is 0 Å². The number of benzene rings is 2. The molecule has 1 saturated heterocycles. The van der Waals surface area contributed by atoms with E-state index in [-0.39, 0.29) is 41.8 Å². The number of hydrogen-bond acceptors (Lipinski definition) is 6. The SMILES string of the molecule is O=C(O)CCCN1C(=O)C(=O)C(=C(O)c2ccccc2)C1c1ccccc1[N+](=O)[O-]. The maximum atomic E-state index is 12.8. The molecule has 2 aromatic rings. The second-order valence-corrected chi connectivity index (χ2v) is 6.67. The number of carbonyl (C=O) groups is 3. The van der Waals surface area contributed by atoms with Crippen LogP contribution in [0, 0.1) is 10.1 Å². The van der Waals surface area contributed by atoms with Gasteiger partial charge in [-0.15, -0.1) is 0 Å². The molecule has 0 spiro atoms. The standard InChI is InChI=1S/C21H18N2O7/c24-16(25)11-6-12-22-18(14-9-4-5-10-15(14)23(29)30)17(20(27)21(22)28)19(26)13-7-2-1-3-8-13/h1-5,7-10,18,26H,6,11-12H2,(H,24,25). The van der Waals surface area contributed by atoms with E-state index in [1.165, 1.54) is 24.3 Å². The fourth-order valence-corrected chi connectivity index (χ4v) is 3.47. The maximum absolute atomic E-state index is 12.8. The summed E-state index contributed by atoms with van der Waals surface area (Å²) in [6, 6.07) is 12.5. The summed E-state index contributed by atoms with van der Waals surface area (Å²) in [4.78, 5) is 48.4. The van der Waals surface area contributed by atoms with Crippen LogP contribution in [0.2, 0.25) is 0 Å². The van der Waals surface area contributed by atoms with Crippen LogP contribution in [0.1, 0.15) is 30.0 Å². The van der Waals surface area contributed by atoms with Crippen molar-refractivity contribution in [2.75, 3.05) is 6.54 Å². The zero-order valence-corrected chi connectivity index (χ0v) is 15.7. The Hall–Kier alpha value is -4.01. The van der Waals surface area contributed by atoms with E-state index in [1.807, 2.05) is 0 Å². The van der Waals surface area contributed by atoms with Crippen LogP contribution in [-0.2, 0) is 14.4 Å². The predicted octanol–water partition coefficient (Wildman–Crippen LogP) is 2.88. The number of rotatable bonds is 7. The number of aliphatic hydroxyl groups is 1. The van der Waals surface area contributed by atoms with Gasteiger partial charge in [-0.1, -0.05) is 42.5 Å². The van der Waals surface area contributed by atoms with Gasteiger partial charge in [-0.2, -0.15) is 0 Å². The summed E-state index contributed by atoms with van der Waals surface area (Å²) in [5.41, 5.74) is -0.235. The highest BCUT2D eigenvalue weighted by Crippen LogP contribution is 2.42. The number of nitrogens with zero attached hydrogens (tertiary/aromatic N) is 2. The monoisotopic (exact) mass is 410 g/mol. The molecule has 1 unspecified atom stereocenters. The Morgan fingerprint density at radius 3 is 2.30 bits per heavy atom. The molecule has 1 amide bonds. The van der Waals surface area contributed by atoms with Crippen LogP contribution in [0.15, 0.2) is 60.2 Å². The summed E-state index contributed by atoms with van der Waals surface area (Å²) in [6.45, 7) is -0.112. The second kappa shape index (κ2) is 8.56. The third-order valence-electron chi connectivity index (χ3n) is 4.80. The summed E-state index contributed by atoms with van der Waals surface area (Å²) in [7, 11) is 0. The third-order valence-corrected chi connectivity index (χ3v) is 4.80. The summed E-state index contributed by atoms with van der Waals surface area (Å²) in [6.07, 6.45) is -0.198. The smallest absolute Gasteiger partial charge is 0.303 e. The topological polar surface area (TPSA) is 138 Å². The number of nitro benzene ring substituents is 1. The van der Waals surface area contributed by atoms with E-state index in [0.717, 1.165) is 4.90 Å². The number of ketones is 1. The lowest BCUT2D eigenvalue weighted by Crippen LogP contribution is -2.31. The minimum atomic E-state index is -1.21. The first-order chi connectivity index (χ1) is 14.3.